The minimum atomic E-state index is -4.44. The summed E-state index contributed by atoms with van der Waals surface area (Å²) >= 11 is 0. The van der Waals surface area contributed by atoms with Gasteiger partial charge in [0.2, 0.25) is 11.9 Å². The van der Waals surface area contributed by atoms with Crippen LogP contribution < -0.4 is 15.0 Å². The van der Waals surface area contributed by atoms with Crippen molar-refractivity contribution in [3.05, 3.63) is 47.3 Å². The Bertz CT molecular complexity index is 794. The second-order valence-electron chi connectivity index (χ2n) is 5.88. The fourth-order valence-corrected chi connectivity index (χ4v) is 2.67. The van der Waals surface area contributed by atoms with Gasteiger partial charge in [-0.1, -0.05) is 12.1 Å². The Kier molecular flexibility index (Phi) is 4.97. The van der Waals surface area contributed by atoms with Crippen molar-refractivity contribution in [1.82, 2.24) is 15.3 Å². The molecule has 0 bridgehead atoms. The predicted molar refractivity (Wildman–Crippen MR) is 87.8 cm³/mol. The second-order valence-corrected chi connectivity index (χ2v) is 5.88. The van der Waals surface area contributed by atoms with Gasteiger partial charge in [-0.3, -0.25) is 4.79 Å². The van der Waals surface area contributed by atoms with Crippen molar-refractivity contribution in [1.29, 1.82) is 0 Å². The quantitative estimate of drug-likeness (QED) is 0.900. The number of benzene rings is 1. The topological polar surface area (TPSA) is 67.3 Å². The van der Waals surface area contributed by atoms with Gasteiger partial charge in [-0.2, -0.15) is 13.2 Å². The van der Waals surface area contributed by atoms with Crippen molar-refractivity contribution in [2.75, 3.05) is 24.5 Å². The molecule has 0 unspecified atom stereocenters. The number of nitrogens with one attached hydrogen (secondary N) is 1. The van der Waals surface area contributed by atoms with E-state index in [1.807, 2.05) is 0 Å². The van der Waals surface area contributed by atoms with E-state index in [0.29, 0.717) is 24.6 Å². The lowest BCUT2D eigenvalue weighted by Gasteiger charge is -2.26. The molecule has 1 saturated heterocycles. The van der Waals surface area contributed by atoms with Gasteiger partial charge in [0.25, 0.3) is 0 Å². The number of hydrogen-bond donors (Lipinski definition) is 1. The van der Waals surface area contributed by atoms with Crippen LogP contribution in [0.4, 0.5) is 19.1 Å². The van der Waals surface area contributed by atoms with Crippen molar-refractivity contribution in [3.8, 4) is 5.75 Å². The van der Waals surface area contributed by atoms with Crippen LogP contribution in [-0.2, 0) is 17.6 Å². The zero-order chi connectivity index (χ0) is 18.7. The van der Waals surface area contributed by atoms with Crippen LogP contribution >= 0.6 is 0 Å². The zero-order valence-electron chi connectivity index (χ0n) is 14.0. The second kappa shape index (κ2) is 7.19. The first-order chi connectivity index (χ1) is 12.3. The first kappa shape index (κ1) is 18.0. The Morgan fingerprint density at radius 1 is 1.27 bits per heavy atom. The van der Waals surface area contributed by atoms with E-state index in [1.54, 1.807) is 17.9 Å². The van der Waals surface area contributed by atoms with Crippen LogP contribution in [0.25, 0.3) is 0 Å². The minimum absolute atomic E-state index is 0.0804. The number of carbonyl (C=O) groups is 1. The number of aromatic nitrogens is 2. The summed E-state index contributed by atoms with van der Waals surface area (Å²) in [6, 6.07) is 4.01. The minimum Gasteiger partial charge on any atom is -0.486 e. The summed E-state index contributed by atoms with van der Waals surface area (Å²) in [5.41, 5.74) is -0.136. The van der Waals surface area contributed by atoms with Crippen molar-refractivity contribution < 1.29 is 22.7 Å². The molecule has 2 aromatic rings. The Hall–Kier alpha value is -2.84. The van der Waals surface area contributed by atoms with E-state index in [9.17, 15) is 18.0 Å². The number of anilines is 1. The summed E-state index contributed by atoms with van der Waals surface area (Å²) in [6.45, 7) is 2.63. The smallest absolute Gasteiger partial charge is 0.416 e. The van der Waals surface area contributed by atoms with Crippen LogP contribution in [0.3, 0.4) is 0 Å². The molecule has 138 valence electrons. The molecule has 1 amide bonds. The largest absolute Gasteiger partial charge is 0.486 e. The number of piperazine rings is 1. The van der Waals surface area contributed by atoms with Crippen LogP contribution in [-0.4, -0.2) is 35.5 Å². The van der Waals surface area contributed by atoms with Gasteiger partial charge in [0.1, 0.15) is 6.61 Å². The number of carbonyl (C=O) groups excluding carboxylic acids is 1. The van der Waals surface area contributed by atoms with Crippen LogP contribution in [0.2, 0.25) is 0 Å². The molecule has 1 N–H and O–H groups in total. The van der Waals surface area contributed by atoms with E-state index < -0.39 is 11.7 Å². The highest BCUT2D eigenvalue weighted by atomic mass is 19.4. The average molecular weight is 366 g/mol. The fraction of sp³-hybridized carbons (Fsp3) is 0.353. The number of hydrogen-bond acceptors (Lipinski definition) is 5. The fourth-order valence-electron chi connectivity index (χ4n) is 2.67. The summed E-state index contributed by atoms with van der Waals surface area (Å²) in [5.74, 6) is 0.519. The first-order valence-corrected chi connectivity index (χ1v) is 7.97. The maximum Gasteiger partial charge on any atom is 0.416 e. The van der Waals surface area contributed by atoms with E-state index in [0.717, 1.165) is 6.07 Å². The summed E-state index contributed by atoms with van der Waals surface area (Å²) in [7, 11) is 0. The molecule has 1 fully saturated rings. The van der Waals surface area contributed by atoms with Crippen LogP contribution in [0, 0.1) is 6.92 Å². The van der Waals surface area contributed by atoms with Crippen molar-refractivity contribution in [2.24, 2.45) is 0 Å². The summed E-state index contributed by atoms with van der Waals surface area (Å²) < 4.78 is 44.8. The van der Waals surface area contributed by atoms with Gasteiger partial charge in [-0.15, -0.1) is 0 Å². The molecule has 6 nitrogen and oxygen atoms in total. The van der Waals surface area contributed by atoms with E-state index in [2.05, 4.69) is 15.3 Å². The van der Waals surface area contributed by atoms with Gasteiger partial charge in [-0.25, -0.2) is 9.97 Å². The molecule has 0 spiro atoms. The standard InChI is InChI=1S/C17H17F3N4O2/c1-11-3-2-4-14(17(18,19)20)13(11)10-26-12-7-22-16(23-8-12)24-6-5-21-15(25)9-24/h2-4,7-8H,5-6,9-10H2,1H3,(H,21,25). The highest BCUT2D eigenvalue weighted by Crippen LogP contribution is 2.33. The van der Waals surface area contributed by atoms with Crippen LogP contribution in [0.5, 0.6) is 5.75 Å². The molecule has 0 radical (unpaired) electrons. The molecule has 1 aromatic carbocycles. The Morgan fingerprint density at radius 3 is 2.65 bits per heavy atom. The molecular weight excluding hydrogens is 349 g/mol. The number of halogens is 3. The van der Waals surface area contributed by atoms with E-state index in [-0.39, 0.29) is 30.4 Å². The van der Waals surface area contributed by atoms with Gasteiger partial charge in [0.15, 0.2) is 5.75 Å². The maximum absolute atomic E-state index is 13.1. The third-order valence-corrected chi connectivity index (χ3v) is 4.03. The number of aryl methyl sites for hydroxylation is 1. The van der Waals surface area contributed by atoms with Crippen molar-refractivity contribution in [3.63, 3.8) is 0 Å². The van der Waals surface area contributed by atoms with Crippen LogP contribution in [0.1, 0.15) is 16.7 Å². The third-order valence-electron chi connectivity index (χ3n) is 4.03. The lowest BCUT2D eigenvalue weighted by atomic mass is 10.0. The predicted octanol–water partition coefficient (Wildman–Crippen LogP) is 2.32. The number of amides is 1. The molecule has 9 heteroatoms. The maximum atomic E-state index is 13.1. The Labute approximate surface area is 148 Å². The van der Waals surface area contributed by atoms with Crippen molar-refractivity contribution in [2.45, 2.75) is 19.7 Å². The molecule has 1 aliphatic rings. The third kappa shape index (κ3) is 4.04. The normalized spacial score (nSPS) is 14.9. The highest BCUT2D eigenvalue weighted by Gasteiger charge is 2.33. The van der Waals surface area contributed by atoms with Gasteiger partial charge in [-0.05, 0) is 18.6 Å². The molecule has 26 heavy (non-hydrogen) atoms. The number of nitrogens with zero attached hydrogens (tertiary/aromatic N) is 3. The highest BCUT2D eigenvalue weighted by molar-refractivity contribution is 5.81. The molecule has 3 rings (SSSR count). The summed E-state index contributed by atoms with van der Waals surface area (Å²) in [6.07, 6.45) is -1.67. The molecule has 0 aliphatic carbocycles. The molecule has 0 atom stereocenters. The summed E-state index contributed by atoms with van der Waals surface area (Å²) in [5, 5.41) is 2.70. The summed E-state index contributed by atoms with van der Waals surface area (Å²) in [4.78, 5) is 21.4. The number of alkyl halides is 3. The van der Waals surface area contributed by atoms with E-state index >= 15 is 0 Å². The van der Waals surface area contributed by atoms with Gasteiger partial charge < -0.3 is 15.0 Å². The monoisotopic (exact) mass is 366 g/mol. The number of ether oxygens (including phenoxy) is 1. The Morgan fingerprint density at radius 2 is 2.00 bits per heavy atom. The first-order valence-electron chi connectivity index (χ1n) is 7.97. The van der Waals surface area contributed by atoms with Gasteiger partial charge >= 0.3 is 6.18 Å². The van der Waals surface area contributed by atoms with E-state index in [4.69, 9.17) is 4.74 Å². The Balaban J connectivity index is 1.70. The SMILES string of the molecule is Cc1cccc(C(F)(F)F)c1COc1cnc(N2CCNC(=O)C2)nc1. The molecule has 1 aliphatic heterocycles. The number of rotatable bonds is 4. The van der Waals surface area contributed by atoms with Crippen molar-refractivity contribution >= 4 is 11.9 Å². The average Bonchev–Trinajstić information content (AvgIpc) is 2.60. The molecule has 1 aromatic heterocycles. The van der Waals surface area contributed by atoms with Gasteiger partial charge in [0, 0.05) is 18.7 Å². The zero-order valence-corrected chi connectivity index (χ0v) is 14.0. The lowest BCUT2D eigenvalue weighted by molar-refractivity contribution is -0.138. The van der Waals surface area contributed by atoms with Gasteiger partial charge in [0.05, 0.1) is 24.5 Å². The van der Waals surface area contributed by atoms with E-state index in [1.165, 1.54) is 18.5 Å². The molecular formula is C17H17F3N4O2. The lowest BCUT2D eigenvalue weighted by Crippen LogP contribution is -2.48. The molecule has 2 heterocycles. The molecule has 0 saturated carbocycles. The van der Waals surface area contributed by atoms with Crippen LogP contribution in [0.15, 0.2) is 30.6 Å².